The van der Waals surface area contributed by atoms with Crippen molar-refractivity contribution < 1.29 is 4.79 Å². The maximum atomic E-state index is 12.9. The van der Waals surface area contributed by atoms with E-state index in [1.165, 1.54) is 0 Å². The predicted octanol–water partition coefficient (Wildman–Crippen LogP) is 4.92. The minimum absolute atomic E-state index is 0.0194. The van der Waals surface area contributed by atoms with Crippen molar-refractivity contribution in [2.75, 3.05) is 7.05 Å². The molecule has 3 nitrogen and oxygen atoms in total. The Morgan fingerprint density at radius 1 is 1.39 bits per heavy atom. The Kier molecular flexibility index (Phi) is 4.68. The molecule has 0 spiro atoms. The van der Waals surface area contributed by atoms with E-state index in [1.807, 2.05) is 59.5 Å². The maximum absolute atomic E-state index is 12.9. The third-order valence-electron chi connectivity index (χ3n) is 3.72. The number of fused-ring (bicyclic) bond motifs is 1. The first kappa shape index (κ1) is 16.0. The average Bonchev–Trinajstić information content (AvgIpc) is 3.09. The molecule has 118 valence electrons. The quantitative estimate of drug-likeness (QED) is 0.569. The molecular weight excluding hydrogens is 372 g/mol. The number of nitrogens with zero attached hydrogens (tertiary/aromatic N) is 2. The summed E-state index contributed by atoms with van der Waals surface area (Å²) in [5.41, 5.74) is 2.88. The van der Waals surface area contributed by atoms with Gasteiger partial charge in [-0.15, -0.1) is 17.9 Å². The third-order valence-corrected chi connectivity index (χ3v) is 5.54. The van der Waals surface area contributed by atoms with Gasteiger partial charge in [-0.3, -0.25) is 4.79 Å². The Morgan fingerprint density at radius 2 is 2.13 bits per heavy atom. The summed E-state index contributed by atoms with van der Waals surface area (Å²) in [6, 6.07) is 12.0. The van der Waals surface area contributed by atoms with Gasteiger partial charge in [0.05, 0.1) is 14.7 Å². The standard InChI is InChI=1S/C18H17BrN2OS/c1-3-9-21-15(10-16-17(21)14(19)12-23-16)18(22)20(2)11-13-7-5-4-6-8-13/h3-8,10,12H,1,9,11H2,2H3. The van der Waals surface area contributed by atoms with Crippen molar-refractivity contribution in [3.8, 4) is 0 Å². The number of rotatable bonds is 5. The number of carbonyl (C=O) groups is 1. The van der Waals surface area contributed by atoms with Crippen molar-refractivity contribution >= 4 is 43.4 Å². The Morgan fingerprint density at radius 3 is 2.83 bits per heavy atom. The third kappa shape index (κ3) is 3.12. The zero-order chi connectivity index (χ0) is 16.4. The number of hydrogen-bond acceptors (Lipinski definition) is 2. The van der Waals surface area contributed by atoms with Crippen LogP contribution in [0.3, 0.4) is 0 Å². The number of halogens is 1. The summed E-state index contributed by atoms with van der Waals surface area (Å²) in [7, 11) is 1.84. The van der Waals surface area contributed by atoms with E-state index in [1.54, 1.807) is 16.2 Å². The number of allylic oxidation sites excluding steroid dienone is 1. The van der Waals surface area contributed by atoms with E-state index in [4.69, 9.17) is 0 Å². The fraction of sp³-hybridized carbons (Fsp3) is 0.167. The largest absolute Gasteiger partial charge is 0.336 e. The second kappa shape index (κ2) is 6.72. The van der Waals surface area contributed by atoms with E-state index in [9.17, 15) is 4.79 Å². The van der Waals surface area contributed by atoms with Crippen molar-refractivity contribution in [3.63, 3.8) is 0 Å². The SMILES string of the molecule is C=CCn1c(C(=O)N(C)Cc2ccccc2)cc2scc(Br)c21. The van der Waals surface area contributed by atoms with E-state index in [-0.39, 0.29) is 5.91 Å². The van der Waals surface area contributed by atoms with E-state index in [0.717, 1.165) is 20.3 Å². The molecule has 0 saturated heterocycles. The molecule has 0 unspecified atom stereocenters. The summed E-state index contributed by atoms with van der Waals surface area (Å²) in [6.45, 7) is 5.01. The molecule has 0 aliphatic rings. The number of benzene rings is 1. The lowest BCUT2D eigenvalue weighted by atomic mass is 10.2. The van der Waals surface area contributed by atoms with Gasteiger partial charge in [0.2, 0.25) is 0 Å². The summed E-state index contributed by atoms with van der Waals surface area (Å²) in [5.74, 6) is 0.0194. The molecule has 3 aromatic rings. The maximum Gasteiger partial charge on any atom is 0.270 e. The highest BCUT2D eigenvalue weighted by Gasteiger charge is 2.20. The van der Waals surface area contributed by atoms with Gasteiger partial charge in [0.1, 0.15) is 5.69 Å². The highest BCUT2D eigenvalue weighted by Crippen LogP contribution is 2.33. The smallest absolute Gasteiger partial charge is 0.270 e. The minimum atomic E-state index is 0.0194. The van der Waals surface area contributed by atoms with Crippen LogP contribution in [0.2, 0.25) is 0 Å². The normalized spacial score (nSPS) is 10.9. The van der Waals surface area contributed by atoms with Crippen LogP contribution in [0.1, 0.15) is 16.1 Å². The van der Waals surface area contributed by atoms with Crippen molar-refractivity contribution in [1.82, 2.24) is 9.47 Å². The molecule has 1 amide bonds. The van der Waals surface area contributed by atoms with Gasteiger partial charge in [0.15, 0.2) is 0 Å². The van der Waals surface area contributed by atoms with E-state index < -0.39 is 0 Å². The first-order valence-electron chi connectivity index (χ1n) is 7.28. The van der Waals surface area contributed by atoms with Crippen LogP contribution in [-0.4, -0.2) is 22.4 Å². The monoisotopic (exact) mass is 388 g/mol. The molecule has 2 heterocycles. The molecule has 0 atom stereocenters. The van der Waals surface area contributed by atoms with Crippen LogP contribution >= 0.6 is 27.3 Å². The Hall–Kier alpha value is -1.85. The van der Waals surface area contributed by atoms with Crippen LogP contribution in [0, 0.1) is 0 Å². The molecule has 2 aromatic heterocycles. The van der Waals surface area contributed by atoms with Crippen LogP contribution in [0.4, 0.5) is 0 Å². The fourth-order valence-electron chi connectivity index (χ4n) is 2.65. The van der Waals surface area contributed by atoms with Gasteiger partial charge in [0, 0.05) is 25.5 Å². The van der Waals surface area contributed by atoms with Crippen LogP contribution < -0.4 is 0 Å². The van der Waals surface area contributed by atoms with Gasteiger partial charge in [-0.1, -0.05) is 36.4 Å². The Bertz CT molecular complexity index is 851. The minimum Gasteiger partial charge on any atom is -0.336 e. The first-order chi connectivity index (χ1) is 11.1. The lowest BCUT2D eigenvalue weighted by Gasteiger charge is -2.18. The average molecular weight is 389 g/mol. The van der Waals surface area contributed by atoms with Crippen molar-refractivity contribution in [2.45, 2.75) is 13.1 Å². The second-order valence-corrected chi connectivity index (χ2v) is 7.14. The highest BCUT2D eigenvalue weighted by atomic mass is 79.9. The van der Waals surface area contributed by atoms with Gasteiger partial charge < -0.3 is 9.47 Å². The molecule has 0 saturated carbocycles. The van der Waals surface area contributed by atoms with Crippen LogP contribution in [0.5, 0.6) is 0 Å². The summed E-state index contributed by atoms with van der Waals surface area (Å²) < 4.78 is 4.14. The second-order valence-electron chi connectivity index (χ2n) is 5.37. The topological polar surface area (TPSA) is 25.2 Å². The molecule has 1 aromatic carbocycles. The molecule has 0 aliphatic heterocycles. The molecule has 3 rings (SSSR count). The highest BCUT2D eigenvalue weighted by molar-refractivity contribution is 9.10. The molecule has 0 radical (unpaired) electrons. The van der Waals surface area contributed by atoms with Gasteiger partial charge >= 0.3 is 0 Å². The van der Waals surface area contributed by atoms with E-state index in [2.05, 4.69) is 22.5 Å². The summed E-state index contributed by atoms with van der Waals surface area (Å²) in [4.78, 5) is 14.6. The van der Waals surface area contributed by atoms with Crippen molar-refractivity contribution in [3.05, 3.63) is 70.2 Å². The number of thiophene rings is 1. The number of amides is 1. The molecule has 0 N–H and O–H groups in total. The fourth-order valence-corrected chi connectivity index (χ4v) is 4.34. The summed E-state index contributed by atoms with van der Waals surface area (Å²) in [5, 5.41) is 2.05. The Balaban J connectivity index is 1.93. The number of carbonyl (C=O) groups excluding carboxylic acids is 1. The van der Waals surface area contributed by atoms with Gasteiger partial charge in [-0.25, -0.2) is 0 Å². The molecule has 0 fully saturated rings. The molecule has 0 aliphatic carbocycles. The van der Waals surface area contributed by atoms with Crippen LogP contribution in [0.15, 0.2) is 58.9 Å². The van der Waals surface area contributed by atoms with E-state index in [0.29, 0.717) is 18.8 Å². The molecule has 0 bridgehead atoms. The first-order valence-corrected chi connectivity index (χ1v) is 8.95. The summed E-state index contributed by atoms with van der Waals surface area (Å²) in [6.07, 6.45) is 1.82. The van der Waals surface area contributed by atoms with E-state index >= 15 is 0 Å². The Labute approximate surface area is 148 Å². The predicted molar refractivity (Wildman–Crippen MR) is 100.0 cm³/mol. The van der Waals surface area contributed by atoms with Gasteiger partial charge in [0.25, 0.3) is 5.91 Å². The molecule has 5 heteroatoms. The molecule has 23 heavy (non-hydrogen) atoms. The zero-order valence-electron chi connectivity index (χ0n) is 12.8. The van der Waals surface area contributed by atoms with Crippen LogP contribution in [-0.2, 0) is 13.1 Å². The number of hydrogen-bond donors (Lipinski definition) is 0. The number of aromatic nitrogens is 1. The van der Waals surface area contributed by atoms with Crippen LogP contribution in [0.25, 0.3) is 10.2 Å². The van der Waals surface area contributed by atoms with Crippen molar-refractivity contribution in [2.24, 2.45) is 0 Å². The molecular formula is C18H17BrN2OS. The van der Waals surface area contributed by atoms with Gasteiger partial charge in [-0.05, 0) is 27.6 Å². The van der Waals surface area contributed by atoms with Gasteiger partial charge in [-0.2, -0.15) is 0 Å². The lowest BCUT2D eigenvalue weighted by Crippen LogP contribution is -2.28. The lowest BCUT2D eigenvalue weighted by molar-refractivity contribution is 0.0775. The summed E-state index contributed by atoms with van der Waals surface area (Å²) >= 11 is 5.21. The van der Waals surface area contributed by atoms with Crippen molar-refractivity contribution in [1.29, 1.82) is 0 Å². The zero-order valence-corrected chi connectivity index (χ0v) is 15.2.